The number of thiophene rings is 1. The highest BCUT2D eigenvalue weighted by Crippen LogP contribution is 2.62. The minimum absolute atomic E-state index is 0.0129. The fourth-order valence-corrected chi connectivity index (χ4v) is 18.2. The Morgan fingerprint density at radius 1 is 0.387 bits per heavy atom. The summed E-state index contributed by atoms with van der Waals surface area (Å²) in [6.45, 7) is 35.7. The molecule has 14 rings (SSSR count). The van der Waals surface area contributed by atoms with Gasteiger partial charge in [-0.05, 0) is 216 Å². The molecule has 4 aliphatic carbocycles. The molecule has 2 bridgehead atoms. The van der Waals surface area contributed by atoms with Crippen molar-refractivity contribution in [2.75, 3.05) is 9.80 Å². The van der Waals surface area contributed by atoms with Crippen molar-refractivity contribution in [3.05, 3.63) is 159 Å². The van der Waals surface area contributed by atoms with E-state index in [2.05, 4.69) is 233 Å². The third kappa shape index (κ3) is 6.69. The zero-order chi connectivity index (χ0) is 52.4. The van der Waals surface area contributed by atoms with Gasteiger partial charge >= 0.3 is 0 Å². The summed E-state index contributed by atoms with van der Waals surface area (Å²) in [7, 11) is 0. The van der Waals surface area contributed by atoms with Crippen LogP contribution in [0.5, 0.6) is 0 Å². The molecule has 75 heavy (non-hydrogen) atoms. The van der Waals surface area contributed by atoms with Crippen molar-refractivity contribution in [2.45, 2.75) is 198 Å². The molecular weight excluding hydrogens is 924 g/mol. The van der Waals surface area contributed by atoms with E-state index in [9.17, 15) is 0 Å². The van der Waals surface area contributed by atoms with E-state index in [0.717, 1.165) is 0 Å². The Hall–Kier alpha value is -5.32. The minimum Gasteiger partial charge on any atom is -0.311 e. The highest BCUT2D eigenvalue weighted by Gasteiger charge is 2.57. The molecule has 3 aliphatic heterocycles. The van der Waals surface area contributed by atoms with Crippen LogP contribution in [0.25, 0.3) is 22.3 Å². The lowest BCUT2D eigenvalue weighted by atomic mass is 9.32. The molecule has 7 aliphatic rings. The van der Waals surface area contributed by atoms with Gasteiger partial charge in [-0.15, -0.1) is 11.3 Å². The quantitative estimate of drug-likeness (QED) is 0.162. The first kappa shape index (κ1) is 48.1. The maximum Gasteiger partial charge on any atom is 0.253 e. The summed E-state index contributed by atoms with van der Waals surface area (Å²) >= 11 is 2.16. The second-order valence-corrected chi connectivity index (χ2v) is 30.5. The molecule has 2 unspecified atom stereocenters. The molecule has 0 N–H and O–H groups in total. The van der Waals surface area contributed by atoms with Crippen LogP contribution in [0.1, 0.15) is 199 Å². The van der Waals surface area contributed by atoms with Gasteiger partial charge in [-0.2, -0.15) is 0 Å². The average Bonchev–Trinajstić information content (AvgIpc) is 3.81. The second kappa shape index (κ2) is 15.2. The number of hydrogen-bond acceptors (Lipinski definition) is 3. The SMILES string of the molecule is CC1(C)CCC(C)(C)c2cc(N3c4cc(-c5ccccc5)cc5c4B4c6cc7c(cc6N5c5cc6c(cc5-c5ccccc5)C(C)(C)CCC6(C)C)C(C)(C)CCC7(C)CC5(C)CCC(C)(C)c6sc3c4c65)ccc21. The zero-order valence-electron chi connectivity index (χ0n) is 47.7. The first-order valence-electron chi connectivity index (χ1n) is 28.9. The van der Waals surface area contributed by atoms with Crippen LogP contribution in [0.4, 0.5) is 33.4 Å². The number of rotatable bonds is 4. The van der Waals surface area contributed by atoms with Gasteiger partial charge in [-0.3, -0.25) is 0 Å². The topological polar surface area (TPSA) is 6.48 Å². The van der Waals surface area contributed by atoms with Crippen molar-refractivity contribution in [1.29, 1.82) is 0 Å². The first-order chi connectivity index (χ1) is 35.3. The molecule has 4 heterocycles. The van der Waals surface area contributed by atoms with Crippen LogP contribution in [0.2, 0.25) is 0 Å². The molecule has 1 aromatic heterocycles. The fraction of sp³-hybridized carbons (Fsp3) is 0.437. The molecule has 6 aromatic carbocycles. The smallest absolute Gasteiger partial charge is 0.253 e. The van der Waals surface area contributed by atoms with Crippen LogP contribution in [0, 0.1) is 0 Å². The number of nitrogens with zero attached hydrogens (tertiary/aromatic N) is 2. The van der Waals surface area contributed by atoms with Gasteiger partial charge in [0.05, 0.1) is 10.7 Å². The molecule has 0 radical (unpaired) electrons. The van der Waals surface area contributed by atoms with Gasteiger partial charge in [0.2, 0.25) is 0 Å². The molecule has 7 aromatic rings. The molecular formula is C71H79BN2S. The van der Waals surface area contributed by atoms with Crippen LogP contribution in [0.15, 0.2) is 115 Å². The van der Waals surface area contributed by atoms with Crippen LogP contribution in [-0.4, -0.2) is 6.71 Å². The Balaban J connectivity index is 1.18. The lowest BCUT2D eigenvalue weighted by molar-refractivity contribution is 0.211. The molecule has 0 amide bonds. The van der Waals surface area contributed by atoms with Crippen molar-refractivity contribution in [3.63, 3.8) is 0 Å². The number of benzene rings is 6. The summed E-state index contributed by atoms with van der Waals surface area (Å²) in [4.78, 5) is 7.29. The molecule has 0 saturated carbocycles. The van der Waals surface area contributed by atoms with Crippen molar-refractivity contribution in [2.24, 2.45) is 0 Å². The maximum absolute atomic E-state index is 2.83. The minimum atomic E-state index is 0.0129. The summed E-state index contributed by atoms with van der Waals surface area (Å²) in [5.74, 6) is 0. The Labute approximate surface area is 454 Å². The lowest BCUT2D eigenvalue weighted by Gasteiger charge is -2.50. The number of fused-ring (bicyclic) bond motifs is 2. The number of hydrogen-bond donors (Lipinski definition) is 0. The van der Waals surface area contributed by atoms with Crippen molar-refractivity contribution in [3.8, 4) is 22.3 Å². The van der Waals surface area contributed by atoms with E-state index in [4.69, 9.17) is 0 Å². The van der Waals surface area contributed by atoms with Crippen molar-refractivity contribution in [1.82, 2.24) is 0 Å². The maximum atomic E-state index is 2.83. The van der Waals surface area contributed by atoms with Crippen LogP contribution < -0.4 is 26.2 Å². The fourth-order valence-electron chi connectivity index (χ4n) is 16.6. The monoisotopic (exact) mass is 1000 g/mol. The predicted molar refractivity (Wildman–Crippen MR) is 324 cm³/mol. The van der Waals surface area contributed by atoms with Gasteiger partial charge in [0.1, 0.15) is 0 Å². The second-order valence-electron chi connectivity index (χ2n) is 29.5. The summed E-state index contributed by atoms with van der Waals surface area (Å²) < 4.78 is 0. The molecule has 2 nitrogen and oxygen atoms in total. The van der Waals surface area contributed by atoms with E-state index in [1.54, 1.807) is 27.0 Å². The van der Waals surface area contributed by atoms with Crippen molar-refractivity contribution < 1.29 is 0 Å². The average molecular weight is 1000 g/mol. The van der Waals surface area contributed by atoms with E-state index >= 15 is 0 Å². The Morgan fingerprint density at radius 2 is 0.893 bits per heavy atom. The highest BCUT2D eigenvalue weighted by atomic mass is 32.1. The first-order valence-corrected chi connectivity index (χ1v) is 29.7. The molecule has 382 valence electrons. The standard InChI is InChI=1S/C71H79BN2S/c1-64(2)27-28-65(3,4)49-37-46(25-26-48(49)64)73-57-35-45(43-21-17-15-18-22-43)36-58-60(57)72-54-39-53-52(68(9,10)31-33-70(53,13)42-71(14)34-32-69(11,12)62-59(71)61(72)63(73)75-62)41-56(54)74(58)55-40-51-50(66(5,6)29-30-67(51,7)8)38-47(55)44-23-19-16-20-24-44/h15-26,35-41H,27-34,42H2,1-14H3. The van der Waals surface area contributed by atoms with Gasteiger partial charge in [0, 0.05) is 33.2 Å². The highest BCUT2D eigenvalue weighted by molar-refractivity contribution is 7.20. The van der Waals surface area contributed by atoms with E-state index in [0.29, 0.717) is 0 Å². The zero-order valence-corrected chi connectivity index (χ0v) is 48.5. The third-order valence-corrected chi connectivity index (χ3v) is 23.1. The van der Waals surface area contributed by atoms with E-state index in [-0.39, 0.29) is 50.0 Å². The molecule has 4 heteroatoms. The van der Waals surface area contributed by atoms with Gasteiger partial charge in [-0.1, -0.05) is 170 Å². The molecule has 0 saturated heterocycles. The van der Waals surface area contributed by atoms with E-state index in [1.807, 2.05) is 0 Å². The van der Waals surface area contributed by atoms with Crippen LogP contribution in [-0.2, 0) is 43.3 Å². The van der Waals surface area contributed by atoms with Gasteiger partial charge in [0.15, 0.2) is 0 Å². The molecule has 2 atom stereocenters. The summed E-state index contributed by atoms with van der Waals surface area (Å²) in [5, 5.41) is 1.45. The largest absolute Gasteiger partial charge is 0.311 e. The van der Waals surface area contributed by atoms with Crippen LogP contribution >= 0.6 is 11.3 Å². The van der Waals surface area contributed by atoms with Crippen LogP contribution in [0.3, 0.4) is 0 Å². The Morgan fingerprint density at radius 3 is 1.53 bits per heavy atom. The summed E-state index contributed by atoms with van der Waals surface area (Å²) in [5.41, 5.74) is 27.7. The number of anilines is 6. The lowest BCUT2D eigenvalue weighted by Crippen LogP contribution is -2.62. The normalized spacial score (nSPS) is 24.9. The molecule has 0 fully saturated rings. The Bertz CT molecular complexity index is 3590. The summed E-state index contributed by atoms with van der Waals surface area (Å²) in [6, 6.07) is 46.7. The third-order valence-electron chi connectivity index (χ3n) is 21.5. The van der Waals surface area contributed by atoms with E-state index < -0.39 is 0 Å². The van der Waals surface area contributed by atoms with Gasteiger partial charge < -0.3 is 9.80 Å². The van der Waals surface area contributed by atoms with Gasteiger partial charge in [-0.25, -0.2) is 0 Å². The van der Waals surface area contributed by atoms with Crippen molar-refractivity contribution >= 4 is 67.9 Å². The predicted octanol–water partition coefficient (Wildman–Crippen LogP) is 17.9. The van der Waals surface area contributed by atoms with E-state index in [1.165, 1.54) is 147 Å². The Kier molecular flexibility index (Phi) is 9.77. The van der Waals surface area contributed by atoms with Gasteiger partial charge in [0.25, 0.3) is 6.71 Å². The summed E-state index contributed by atoms with van der Waals surface area (Å²) in [6.07, 6.45) is 10.7. The molecule has 0 spiro atoms.